The lowest BCUT2D eigenvalue weighted by Gasteiger charge is -2.08. The van der Waals surface area contributed by atoms with Gasteiger partial charge < -0.3 is 5.32 Å². The Hall–Kier alpha value is -2.96. The minimum Gasteiger partial charge on any atom is -0.326 e. The molecule has 2 aromatic heterocycles. The number of nitrogens with zero attached hydrogens (tertiary/aromatic N) is 4. The van der Waals surface area contributed by atoms with Gasteiger partial charge in [0.15, 0.2) is 5.65 Å². The summed E-state index contributed by atoms with van der Waals surface area (Å²) in [4.78, 5) is 28.6. The first-order chi connectivity index (χ1) is 11.5. The average molecular weight is 325 g/mol. The van der Waals surface area contributed by atoms with Gasteiger partial charge in [-0.2, -0.15) is 5.10 Å². The lowest BCUT2D eigenvalue weighted by Crippen LogP contribution is -2.23. The minimum absolute atomic E-state index is 0.142. The number of nitrogens with one attached hydrogen (secondary N) is 1. The van der Waals surface area contributed by atoms with Gasteiger partial charge in [0.25, 0.3) is 5.56 Å². The lowest BCUT2D eigenvalue weighted by atomic mass is 10.1. The normalized spacial score (nSPS) is 11.0. The van der Waals surface area contributed by atoms with Gasteiger partial charge in [-0.3, -0.25) is 18.8 Å². The predicted octanol–water partition coefficient (Wildman–Crippen LogP) is 1.78. The Morgan fingerprint density at radius 2 is 2.04 bits per heavy atom. The van der Waals surface area contributed by atoms with E-state index < -0.39 is 0 Å². The number of fused-ring (bicyclic) bond motifs is 1. The monoisotopic (exact) mass is 325 g/mol. The minimum atomic E-state index is -0.188. The molecule has 3 aromatic rings. The van der Waals surface area contributed by atoms with Crippen LogP contribution in [0.3, 0.4) is 0 Å². The molecular weight excluding hydrogens is 306 g/mol. The Balaban J connectivity index is 1.69. The molecule has 1 amide bonds. The summed E-state index contributed by atoms with van der Waals surface area (Å²) in [5, 5.41) is 7.33. The molecule has 2 heterocycles. The maximum atomic E-state index is 12.3. The summed E-state index contributed by atoms with van der Waals surface area (Å²) in [5.74, 6) is -0.142. The van der Waals surface area contributed by atoms with Gasteiger partial charge in [0, 0.05) is 25.7 Å². The van der Waals surface area contributed by atoms with E-state index in [2.05, 4.69) is 15.4 Å². The van der Waals surface area contributed by atoms with E-state index >= 15 is 0 Å². The van der Waals surface area contributed by atoms with Gasteiger partial charge in [-0.05, 0) is 37.1 Å². The van der Waals surface area contributed by atoms with E-state index in [9.17, 15) is 9.59 Å². The number of carbonyl (C=O) groups excluding carboxylic acids is 1. The van der Waals surface area contributed by atoms with Crippen molar-refractivity contribution in [3.63, 3.8) is 0 Å². The molecule has 3 rings (SSSR count). The highest BCUT2D eigenvalue weighted by Gasteiger charge is 2.09. The second kappa shape index (κ2) is 6.27. The smallest absolute Gasteiger partial charge is 0.264 e. The standard InChI is InChI=1S/C17H19N5O2/c1-11-4-5-13(8-12(11)2)20-15(23)6-7-22-10-18-16-14(17(22)24)9-19-21(16)3/h4-5,8-10H,6-7H2,1-3H3,(H,20,23). The zero-order chi connectivity index (χ0) is 17.3. The fraction of sp³-hybridized carbons (Fsp3) is 0.294. The van der Waals surface area contributed by atoms with Gasteiger partial charge in [0.05, 0.1) is 12.5 Å². The summed E-state index contributed by atoms with van der Waals surface area (Å²) in [5.41, 5.74) is 3.41. The van der Waals surface area contributed by atoms with Crippen LogP contribution in [0.15, 0.2) is 35.5 Å². The zero-order valence-corrected chi connectivity index (χ0v) is 13.9. The van der Waals surface area contributed by atoms with Crippen LogP contribution in [0.1, 0.15) is 17.5 Å². The van der Waals surface area contributed by atoms with Crippen molar-refractivity contribution >= 4 is 22.6 Å². The van der Waals surface area contributed by atoms with E-state index in [4.69, 9.17) is 0 Å². The number of benzene rings is 1. The molecule has 124 valence electrons. The van der Waals surface area contributed by atoms with E-state index in [1.165, 1.54) is 22.7 Å². The second-order valence-corrected chi connectivity index (χ2v) is 5.85. The maximum Gasteiger partial charge on any atom is 0.264 e. The van der Waals surface area contributed by atoms with Crippen molar-refractivity contribution in [3.05, 3.63) is 52.2 Å². The largest absolute Gasteiger partial charge is 0.326 e. The first-order valence-electron chi connectivity index (χ1n) is 7.70. The summed E-state index contributed by atoms with van der Waals surface area (Å²) in [7, 11) is 1.73. The van der Waals surface area contributed by atoms with Crippen LogP contribution in [0.2, 0.25) is 0 Å². The molecular formula is C17H19N5O2. The second-order valence-electron chi connectivity index (χ2n) is 5.85. The van der Waals surface area contributed by atoms with Crippen LogP contribution < -0.4 is 10.9 Å². The van der Waals surface area contributed by atoms with Crippen molar-refractivity contribution in [3.8, 4) is 0 Å². The molecule has 0 aliphatic heterocycles. The highest BCUT2D eigenvalue weighted by molar-refractivity contribution is 5.90. The Morgan fingerprint density at radius 3 is 2.79 bits per heavy atom. The van der Waals surface area contributed by atoms with E-state index in [0.717, 1.165) is 11.3 Å². The number of hydrogen-bond acceptors (Lipinski definition) is 4. The molecule has 0 atom stereocenters. The van der Waals surface area contributed by atoms with Crippen LogP contribution in [-0.4, -0.2) is 25.2 Å². The third-order valence-electron chi connectivity index (χ3n) is 4.09. The molecule has 7 nitrogen and oxygen atoms in total. The average Bonchev–Trinajstić information content (AvgIpc) is 2.92. The van der Waals surface area contributed by atoms with Crippen molar-refractivity contribution in [2.45, 2.75) is 26.8 Å². The van der Waals surface area contributed by atoms with Crippen molar-refractivity contribution in [1.82, 2.24) is 19.3 Å². The van der Waals surface area contributed by atoms with Crippen LogP contribution >= 0.6 is 0 Å². The Bertz CT molecular complexity index is 971. The Kier molecular flexibility index (Phi) is 4.16. The number of rotatable bonds is 4. The van der Waals surface area contributed by atoms with Crippen molar-refractivity contribution in [2.75, 3.05) is 5.32 Å². The predicted molar refractivity (Wildman–Crippen MR) is 91.9 cm³/mol. The Morgan fingerprint density at radius 1 is 1.25 bits per heavy atom. The molecule has 24 heavy (non-hydrogen) atoms. The molecule has 0 radical (unpaired) electrons. The highest BCUT2D eigenvalue weighted by Crippen LogP contribution is 2.14. The van der Waals surface area contributed by atoms with Crippen molar-refractivity contribution in [1.29, 1.82) is 0 Å². The summed E-state index contributed by atoms with van der Waals surface area (Å²) in [6.45, 7) is 4.29. The van der Waals surface area contributed by atoms with E-state index in [1.54, 1.807) is 11.7 Å². The molecule has 0 aliphatic carbocycles. The van der Waals surface area contributed by atoms with Gasteiger partial charge in [-0.1, -0.05) is 6.07 Å². The number of aromatic nitrogens is 4. The van der Waals surface area contributed by atoms with Gasteiger partial charge in [-0.25, -0.2) is 4.98 Å². The number of carbonyl (C=O) groups is 1. The van der Waals surface area contributed by atoms with Gasteiger partial charge >= 0.3 is 0 Å². The number of amides is 1. The molecule has 1 N–H and O–H groups in total. The fourth-order valence-corrected chi connectivity index (χ4v) is 2.49. The third-order valence-corrected chi connectivity index (χ3v) is 4.09. The molecule has 1 aromatic carbocycles. The number of hydrogen-bond donors (Lipinski definition) is 1. The summed E-state index contributed by atoms with van der Waals surface area (Å²) >= 11 is 0. The summed E-state index contributed by atoms with van der Waals surface area (Å²) in [6.07, 6.45) is 3.15. The van der Waals surface area contributed by atoms with Gasteiger partial charge in [0.1, 0.15) is 5.39 Å². The highest BCUT2D eigenvalue weighted by atomic mass is 16.2. The van der Waals surface area contributed by atoms with Crippen LogP contribution in [0.25, 0.3) is 11.0 Å². The van der Waals surface area contributed by atoms with Crippen molar-refractivity contribution in [2.24, 2.45) is 7.05 Å². The van der Waals surface area contributed by atoms with Crippen LogP contribution in [0, 0.1) is 13.8 Å². The SMILES string of the molecule is Cc1ccc(NC(=O)CCn2cnc3c(cnn3C)c2=O)cc1C. The van der Waals surface area contributed by atoms with Crippen molar-refractivity contribution < 1.29 is 4.79 Å². The van der Waals surface area contributed by atoms with Crippen LogP contribution in [-0.2, 0) is 18.4 Å². The molecule has 0 spiro atoms. The first kappa shape index (κ1) is 15.9. The fourth-order valence-electron chi connectivity index (χ4n) is 2.49. The quantitative estimate of drug-likeness (QED) is 0.792. The van der Waals surface area contributed by atoms with E-state index in [0.29, 0.717) is 11.0 Å². The van der Waals surface area contributed by atoms with Crippen LogP contribution in [0.4, 0.5) is 5.69 Å². The van der Waals surface area contributed by atoms with Gasteiger partial charge in [-0.15, -0.1) is 0 Å². The lowest BCUT2D eigenvalue weighted by molar-refractivity contribution is -0.116. The molecule has 0 saturated carbocycles. The molecule has 0 aliphatic rings. The molecule has 0 saturated heterocycles. The number of anilines is 1. The Labute approximate surface area is 138 Å². The molecule has 0 bridgehead atoms. The first-order valence-corrected chi connectivity index (χ1v) is 7.70. The van der Waals surface area contributed by atoms with E-state index in [-0.39, 0.29) is 24.4 Å². The topological polar surface area (TPSA) is 81.8 Å². The summed E-state index contributed by atoms with van der Waals surface area (Å²) < 4.78 is 2.98. The van der Waals surface area contributed by atoms with E-state index in [1.807, 2.05) is 32.0 Å². The number of aryl methyl sites for hydroxylation is 4. The zero-order valence-electron chi connectivity index (χ0n) is 13.9. The molecule has 7 heteroatoms. The van der Waals surface area contributed by atoms with Gasteiger partial charge in [0.2, 0.25) is 5.91 Å². The molecule has 0 fully saturated rings. The van der Waals surface area contributed by atoms with Crippen LogP contribution in [0.5, 0.6) is 0 Å². The molecule has 0 unspecified atom stereocenters. The third kappa shape index (κ3) is 3.05. The maximum absolute atomic E-state index is 12.3. The summed E-state index contributed by atoms with van der Waals surface area (Å²) in [6, 6.07) is 5.77.